The molecule has 0 spiro atoms. The van der Waals surface area contributed by atoms with Gasteiger partial charge in [-0.15, -0.1) is 0 Å². The number of cyclic esters (lactones) is 1. The van der Waals surface area contributed by atoms with Crippen molar-refractivity contribution in [1.82, 2.24) is 0 Å². The first-order chi connectivity index (χ1) is 14.9. The molecule has 0 aromatic carbocycles. The second-order valence-electron chi connectivity index (χ2n) is 12.9. The fourth-order valence-electron chi connectivity index (χ4n) is 9.98. The predicted octanol–water partition coefficient (Wildman–Crippen LogP) is 5.01. The van der Waals surface area contributed by atoms with Gasteiger partial charge < -0.3 is 14.6 Å². The standard InChI is InChI=1S/C27H40O5/c1-15(28)31-20-14-19-25(4)12-7-11-24(2,3)17(25)10-13-26(19,5)18-9-8-16-21(27(18,20)6)23(30)32-22(16)29/h8,17-21,23,30H,7,9-14H2,1-6H3/t17?,18?,19?,20-,21+,23+,25-,26-,27+/m0/s1. The monoisotopic (exact) mass is 444 g/mol. The summed E-state index contributed by atoms with van der Waals surface area (Å²) in [5.74, 6) is 0.196. The van der Waals surface area contributed by atoms with Crippen molar-refractivity contribution in [3.05, 3.63) is 11.6 Å². The van der Waals surface area contributed by atoms with Crippen LogP contribution in [0.15, 0.2) is 11.6 Å². The molecule has 3 saturated carbocycles. The van der Waals surface area contributed by atoms with Gasteiger partial charge in [-0.3, -0.25) is 4.79 Å². The third-order valence-electron chi connectivity index (χ3n) is 11.2. The number of aliphatic hydroxyl groups is 1. The lowest BCUT2D eigenvalue weighted by Gasteiger charge is -2.70. The summed E-state index contributed by atoms with van der Waals surface area (Å²) >= 11 is 0. The van der Waals surface area contributed by atoms with Crippen molar-refractivity contribution in [2.75, 3.05) is 0 Å². The van der Waals surface area contributed by atoms with Gasteiger partial charge in [0.05, 0.1) is 5.92 Å². The molecular formula is C27H40O5. The fraction of sp³-hybridized carbons (Fsp3) is 0.852. The molecule has 178 valence electrons. The van der Waals surface area contributed by atoms with Crippen LogP contribution in [0, 0.1) is 45.3 Å². The third kappa shape index (κ3) is 2.72. The summed E-state index contributed by atoms with van der Waals surface area (Å²) in [5, 5.41) is 10.8. The summed E-state index contributed by atoms with van der Waals surface area (Å²) in [5.41, 5.74) is 0.651. The Labute approximate surface area is 192 Å². The molecule has 5 rings (SSSR count). The number of carbonyl (C=O) groups is 2. The number of allylic oxidation sites excluding steroid dienone is 1. The molecule has 1 heterocycles. The van der Waals surface area contributed by atoms with E-state index in [-0.39, 0.29) is 28.8 Å². The number of hydrogen-bond donors (Lipinski definition) is 1. The molecule has 4 fully saturated rings. The normalized spacial score (nSPS) is 51.3. The molecule has 0 radical (unpaired) electrons. The van der Waals surface area contributed by atoms with Gasteiger partial charge in [-0.1, -0.05) is 47.1 Å². The van der Waals surface area contributed by atoms with E-state index in [0.29, 0.717) is 22.8 Å². The smallest absolute Gasteiger partial charge is 0.336 e. The summed E-state index contributed by atoms with van der Waals surface area (Å²) in [4.78, 5) is 24.8. The Morgan fingerprint density at radius 2 is 1.75 bits per heavy atom. The number of aliphatic hydroxyl groups excluding tert-OH is 1. The number of ether oxygens (including phenoxy) is 2. The average molecular weight is 445 g/mol. The van der Waals surface area contributed by atoms with E-state index in [4.69, 9.17) is 9.47 Å². The van der Waals surface area contributed by atoms with Gasteiger partial charge in [-0.25, -0.2) is 4.79 Å². The quantitative estimate of drug-likeness (QED) is 0.575. The Morgan fingerprint density at radius 3 is 2.44 bits per heavy atom. The van der Waals surface area contributed by atoms with Crippen LogP contribution in [0.4, 0.5) is 0 Å². The van der Waals surface area contributed by atoms with E-state index in [1.54, 1.807) is 0 Å². The van der Waals surface area contributed by atoms with Crippen LogP contribution >= 0.6 is 0 Å². The molecule has 9 atom stereocenters. The van der Waals surface area contributed by atoms with Crippen LogP contribution in [0.1, 0.15) is 86.5 Å². The first kappa shape index (κ1) is 22.4. The zero-order valence-electron chi connectivity index (χ0n) is 20.6. The maximum atomic E-state index is 12.5. The zero-order chi connectivity index (χ0) is 23.3. The van der Waals surface area contributed by atoms with Crippen molar-refractivity contribution >= 4 is 11.9 Å². The lowest BCUT2D eigenvalue weighted by molar-refractivity contribution is -0.252. The molecule has 32 heavy (non-hydrogen) atoms. The minimum absolute atomic E-state index is 0.0669. The maximum Gasteiger partial charge on any atom is 0.336 e. The van der Waals surface area contributed by atoms with Gasteiger partial charge in [-0.05, 0) is 72.5 Å². The Kier molecular flexibility index (Phi) is 4.79. The van der Waals surface area contributed by atoms with Crippen LogP contribution in [-0.4, -0.2) is 29.4 Å². The highest BCUT2D eigenvalue weighted by atomic mass is 16.6. The van der Waals surface area contributed by atoms with E-state index in [1.807, 2.05) is 6.08 Å². The second kappa shape index (κ2) is 6.84. The number of hydrogen-bond acceptors (Lipinski definition) is 5. The van der Waals surface area contributed by atoms with Crippen LogP contribution in [-0.2, 0) is 19.1 Å². The van der Waals surface area contributed by atoms with Crippen molar-refractivity contribution in [2.45, 2.75) is 98.9 Å². The van der Waals surface area contributed by atoms with Crippen molar-refractivity contribution in [3.8, 4) is 0 Å². The minimum atomic E-state index is -1.17. The SMILES string of the molecule is CC(=O)O[C@H]1CC2[C@@]3(C)CCCC(C)(C)C3CC[C@@]2(C)C2CC=C3C(=O)O[C@@H](O)[C@@H]3[C@]21C. The van der Waals surface area contributed by atoms with Crippen LogP contribution in [0.25, 0.3) is 0 Å². The van der Waals surface area contributed by atoms with Crippen molar-refractivity contribution < 1.29 is 24.2 Å². The molecule has 0 aromatic rings. The molecule has 5 heteroatoms. The molecule has 1 saturated heterocycles. The highest BCUT2D eigenvalue weighted by Gasteiger charge is 2.71. The molecule has 5 aliphatic rings. The number of rotatable bonds is 1. The van der Waals surface area contributed by atoms with Crippen molar-refractivity contribution in [2.24, 2.45) is 45.3 Å². The molecule has 0 aromatic heterocycles. The Balaban J connectivity index is 1.64. The average Bonchev–Trinajstić information content (AvgIpc) is 2.97. The maximum absolute atomic E-state index is 12.5. The van der Waals surface area contributed by atoms with Gasteiger partial charge >= 0.3 is 11.9 Å². The van der Waals surface area contributed by atoms with E-state index in [1.165, 1.54) is 32.6 Å². The summed E-state index contributed by atoms with van der Waals surface area (Å²) in [6.07, 6.45) is 8.23. The van der Waals surface area contributed by atoms with E-state index >= 15 is 0 Å². The molecule has 1 N–H and O–H groups in total. The highest BCUT2D eigenvalue weighted by Crippen LogP contribution is 2.73. The minimum Gasteiger partial charge on any atom is -0.462 e. The molecule has 0 amide bonds. The predicted molar refractivity (Wildman–Crippen MR) is 120 cm³/mol. The van der Waals surface area contributed by atoms with Crippen molar-refractivity contribution in [1.29, 1.82) is 0 Å². The third-order valence-corrected chi connectivity index (χ3v) is 11.2. The fourth-order valence-corrected chi connectivity index (χ4v) is 9.98. The van der Waals surface area contributed by atoms with E-state index < -0.39 is 23.6 Å². The number of fused-ring (bicyclic) bond motifs is 7. The van der Waals surface area contributed by atoms with Crippen LogP contribution in [0.5, 0.6) is 0 Å². The van der Waals surface area contributed by atoms with Crippen LogP contribution in [0.2, 0.25) is 0 Å². The van der Waals surface area contributed by atoms with Gasteiger partial charge in [0, 0.05) is 17.9 Å². The van der Waals surface area contributed by atoms with Crippen molar-refractivity contribution in [3.63, 3.8) is 0 Å². The van der Waals surface area contributed by atoms with Crippen LogP contribution < -0.4 is 0 Å². The summed E-state index contributed by atoms with van der Waals surface area (Å²) in [6, 6.07) is 0. The first-order valence-electron chi connectivity index (χ1n) is 12.6. The highest BCUT2D eigenvalue weighted by molar-refractivity contribution is 5.91. The lowest BCUT2D eigenvalue weighted by atomic mass is 9.34. The number of carbonyl (C=O) groups excluding carboxylic acids is 2. The van der Waals surface area contributed by atoms with E-state index in [0.717, 1.165) is 19.3 Å². The summed E-state index contributed by atoms with van der Waals surface area (Å²) in [7, 11) is 0. The number of esters is 2. The molecule has 3 unspecified atom stereocenters. The zero-order valence-corrected chi connectivity index (χ0v) is 20.6. The summed E-state index contributed by atoms with van der Waals surface area (Å²) < 4.78 is 11.4. The molecule has 1 aliphatic heterocycles. The molecule has 4 aliphatic carbocycles. The van der Waals surface area contributed by atoms with Gasteiger partial charge in [0.15, 0.2) is 0 Å². The Bertz CT molecular complexity index is 875. The topological polar surface area (TPSA) is 72.8 Å². The van der Waals surface area contributed by atoms with E-state index in [9.17, 15) is 14.7 Å². The van der Waals surface area contributed by atoms with Gasteiger partial charge in [0.1, 0.15) is 6.10 Å². The van der Waals surface area contributed by atoms with E-state index in [2.05, 4.69) is 34.6 Å². The first-order valence-corrected chi connectivity index (χ1v) is 12.6. The lowest BCUT2D eigenvalue weighted by Crippen LogP contribution is -2.67. The van der Waals surface area contributed by atoms with Crippen LogP contribution in [0.3, 0.4) is 0 Å². The van der Waals surface area contributed by atoms with Gasteiger partial charge in [0.25, 0.3) is 0 Å². The summed E-state index contributed by atoms with van der Waals surface area (Å²) in [6.45, 7) is 13.5. The Hall–Kier alpha value is -1.36. The molecule has 0 bridgehead atoms. The molecule has 5 nitrogen and oxygen atoms in total. The Morgan fingerprint density at radius 1 is 1.06 bits per heavy atom. The van der Waals surface area contributed by atoms with Gasteiger partial charge in [-0.2, -0.15) is 0 Å². The largest absolute Gasteiger partial charge is 0.462 e. The van der Waals surface area contributed by atoms with Gasteiger partial charge in [0.2, 0.25) is 6.29 Å². The second-order valence-corrected chi connectivity index (χ2v) is 12.9. The molecular weight excluding hydrogens is 404 g/mol.